The van der Waals surface area contributed by atoms with Gasteiger partial charge in [-0.15, -0.1) is 24.0 Å². The summed E-state index contributed by atoms with van der Waals surface area (Å²) in [5.74, 6) is 2.43. The third-order valence-corrected chi connectivity index (χ3v) is 5.47. The van der Waals surface area contributed by atoms with Crippen molar-refractivity contribution in [1.29, 1.82) is 0 Å². The van der Waals surface area contributed by atoms with Crippen molar-refractivity contribution in [2.45, 2.75) is 13.8 Å². The van der Waals surface area contributed by atoms with Crippen LogP contribution >= 0.6 is 24.0 Å². The van der Waals surface area contributed by atoms with Gasteiger partial charge >= 0.3 is 0 Å². The van der Waals surface area contributed by atoms with E-state index in [0.29, 0.717) is 5.92 Å². The van der Waals surface area contributed by atoms with Gasteiger partial charge < -0.3 is 24.9 Å². The smallest absolute Gasteiger partial charge is 0.225 e. The molecule has 164 valence electrons. The van der Waals surface area contributed by atoms with Crippen molar-refractivity contribution < 1.29 is 0 Å². The number of likely N-dealkylation sites (N-methyl/N-ethyl adjacent to an activating group) is 1. The molecule has 0 radical (unpaired) electrons. The largest absolute Gasteiger partial charge is 0.357 e. The second kappa shape index (κ2) is 12.5. The van der Waals surface area contributed by atoms with Crippen molar-refractivity contribution in [1.82, 2.24) is 30.0 Å². The maximum Gasteiger partial charge on any atom is 0.225 e. The standard InChI is InChI=1S/C20H36N8.HI/c1-4-21-19(24-16-18(2)17-26-10-8-25(3)9-11-26)27-12-14-28(15-13-27)20-22-6-5-7-23-20;/h5-7,18H,4,8-17H2,1-3H3,(H,21,24);1H. The molecule has 0 amide bonds. The summed E-state index contributed by atoms with van der Waals surface area (Å²) in [6, 6.07) is 1.86. The zero-order chi connectivity index (χ0) is 19.8. The first-order chi connectivity index (χ1) is 13.7. The van der Waals surface area contributed by atoms with E-state index in [9.17, 15) is 0 Å². The summed E-state index contributed by atoms with van der Waals surface area (Å²) in [5, 5.41) is 3.48. The van der Waals surface area contributed by atoms with Crippen LogP contribution in [-0.2, 0) is 0 Å². The summed E-state index contributed by atoms with van der Waals surface area (Å²) in [5.41, 5.74) is 0. The molecule has 3 heterocycles. The number of nitrogens with one attached hydrogen (secondary N) is 1. The monoisotopic (exact) mass is 516 g/mol. The fourth-order valence-electron chi connectivity index (χ4n) is 3.77. The minimum absolute atomic E-state index is 0. The zero-order valence-electron chi connectivity index (χ0n) is 18.1. The Bertz CT molecular complexity index is 598. The molecule has 0 aliphatic carbocycles. The van der Waals surface area contributed by atoms with Crippen LogP contribution in [0.25, 0.3) is 0 Å². The summed E-state index contributed by atoms with van der Waals surface area (Å²) in [4.78, 5) is 23.3. The van der Waals surface area contributed by atoms with E-state index in [1.165, 1.54) is 26.2 Å². The number of hydrogen-bond acceptors (Lipinski definition) is 6. The van der Waals surface area contributed by atoms with E-state index in [2.05, 4.69) is 55.8 Å². The van der Waals surface area contributed by atoms with Crippen LogP contribution in [0.5, 0.6) is 0 Å². The van der Waals surface area contributed by atoms with Gasteiger partial charge in [-0.1, -0.05) is 6.92 Å². The predicted molar refractivity (Wildman–Crippen MR) is 130 cm³/mol. The number of aromatic nitrogens is 2. The summed E-state index contributed by atoms with van der Waals surface area (Å²) in [6.07, 6.45) is 3.62. The molecule has 0 aromatic carbocycles. The van der Waals surface area contributed by atoms with Crippen LogP contribution in [0.1, 0.15) is 13.8 Å². The van der Waals surface area contributed by atoms with Crippen molar-refractivity contribution in [3.05, 3.63) is 18.5 Å². The topological polar surface area (TPSA) is 63.1 Å². The molecule has 9 heteroatoms. The number of aliphatic imine (C=N–C) groups is 1. The van der Waals surface area contributed by atoms with Crippen molar-refractivity contribution >= 4 is 35.9 Å². The molecule has 0 saturated carbocycles. The molecule has 2 aliphatic heterocycles. The van der Waals surface area contributed by atoms with Gasteiger partial charge in [0, 0.05) is 84.4 Å². The average Bonchev–Trinajstić information content (AvgIpc) is 2.73. The Morgan fingerprint density at radius 3 is 2.34 bits per heavy atom. The SMILES string of the molecule is CCNC(=NCC(C)CN1CCN(C)CC1)N1CCN(c2ncccn2)CC1.I. The molecule has 1 unspecified atom stereocenters. The van der Waals surface area contributed by atoms with Gasteiger partial charge in [-0.2, -0.15) is 0 Å². The van der Waals surface area contributed by atoms with Crippen molar-refractivity contribution in [3.8, 4) is 0 Å². The van der Waals surface area contributed by atoms with Crippen LogP contribution in [0, 0.1) is 5.92 Å². The fraction of sp³-hybridized carbons (Fsp3) is 0.750. The van der Waals surface area contributed by atoms with Crippen LogP contribution in [0.4, 0.5) is 5.95 Å². The van der Waals surface area contributed by atoms with Crippen molar-refractivity contribution in [3.63, 3.8) is 0 Å². The molecule has 1 aromatic rings. The van der Waals surface area contributed by atoms with E-state index < -0.39 is 0 Å². The van der Waals surface area contributed by atoms with Crippen LogP contribution in [0.3, 0.4) is 0 Å². The van der Waals surface area contributed by atoms with E-state index in [1.54, 1.807) is 0 Å². The minimum Gasteiger partial charge on any atom is -0.357 e. The van der Waals surface area contributed by atoms with Crippen LogP contribution in [-0.4, -0.2) is 110 Å². The number of guanidine groups is 1. The highest BCUT2D eigenvalue weighted by atomic mass is 127. The molecule has 1 N–H and O–H groups in total. The maximum atomic E-state index is 4.96. The molecule has 2 fully saturated rings. The number of anilines is 1. The highest BCUT2D eigenvalue weighted by Crippen LogP contribution is 2.10. The van der Waals surface area contributed by atoms with E-state index >= 15 is 0 Å². The van der Waals surface area contributed by atoms with E-state index in [1.807, 2.05) is 18.5 Å². The Morgan fingerprint density at radius 2 is 1.72 bits per heavy atom. The van der Waals surface area contributed by atoms with Crippen LogP contribution in [0.15, 0.2) is 23.5 Å². The quantitative estimate of drug-likeness (QED) is 0.345. The van der Waals surface area contributed by atoms with E-state index in [0.717, 1.165) is 57.7 Å². The third-order valence-electron chi connectivity index (χ3n) is 5.47. The summed E-state index contributed by atoms with van der Waals surface area (Å²) in [7, 11) is 2.21. The number of nitrogens with zero attached hydrogens (tertiary/aromatic N) is 7. The number of piperazine rings is 2. The first-order valence-corrected chi connectivity index (χ1v) is 10.6. The van der Waals surface area contributed by atoms with Gasteiger partial charge in [0.25, 0.3) is 0 Å². The summed E-state index contributed by atoms with van der Waals surface area (Å²) >= 11 is 0. The number of halogens is 1. The van der Waals surface area contributed by atoms with Gasteiger partial charge in [0.1, 0.15) is 0 Å². The normalized spacial score (nSPS) is 20.3. The van der Waals surface area contributed by atoms with Gasteiger partial charge in [-0.05, 0) is 26.0 Å². The highest BCUT2D eigenvalue weighted by Gasteiger charge is 2.21. The molecular formula is C20H37IN8. The summed E-state index contributed by atoms with van der Waals surface area (Å²) < 4.78 is 0. The first kappa shape index (κ1) is 24.1. The Balaban J connectivity index is 0.00000300. The molecule has 1 aromatic heterocycles. The molecule has 2 saturated heterocycles. The van der Waals surface area contributed by atoms with Gasteiger partial charge in [0.05, 0.1) is 0 Å². The Kier molecular flexibility index (Phi) is 10.4. The minimum atomic E-state index is 0. The lowest BCUT2D eigenvalue weighted by Crippen LogP contribution is -2.53. The first-order valence-electron chi connectivity index (χ1n) is 10.6. The van der Waals surface area contributed by atoms with Crippen LogP contribution < -0.4 is 10.2 Å². The van der Waals surface area contributed by atoms with E-state index in [4.69, 9.17) is 4.99 Å². The lowest BCUT2D eigenvalue weighted by Gasteiger charge is -2.36. The fourth-order valence-corrected chi connectivity index (χ4v) is 3.77. The van der Waals surface area contributed by atoms with Gasteiger partial charge in [0.2, 0.25) is 5.95 Å². The Morgan fingerprint density at radius 1 is 1.07 bits per heavy atom. The van der Waals surface area contributed by atoms with Gasteiger partial charge in [-0.3, -0.25) is 4.99 Å². The maximum absolute atomic E-state index is 4.96. The molecule has 0 spiro atoms. The molecule has 3 rings (SSSR count). The van der Waals surface area contributed by atoms with Gasteiger partial charge in [-0.25, -0.2) is 9.97 Å². The third kappa shape index (κ3) is 7.53. The van der Waals surface area contributed by atoms with E-state index in [-0.39, 0.29) is 24.0 Å². The molecule has 1 atom stereocenters. The van der Waals surface area contributed by atoms with Crippen LogP contribution in [0.2, 0.25) is 0 Å². The average molecular weight is 516 g/mol. The predicted octanol–water partition coefficient (Wildman–Crippen LogP) is 1.07. The lowest BCUT2D eigenvalue weighted by atomic mass is 10.1. The highest BCUT2D eigenvalue weighted by molar-refractivity contribution is 14.0. The lowest BCUT2D eigenvalue weighted by molar-refractivity contribution is 0.140. The van der Waals surface area contributed by atoms with Crippen molar-refractivity contribution in [2.75, 3.05) is 83.9 Å². The second-order valence-corrected chi connectivity index (χ2v) is 7.93. The Labute approximate surface area is 192 Å². The van der Waals surface area contributed by atoms with Gasteiger partial charge in [0.15, 0.2) is 5.96 Å². The molecule has 8 nitrogen and oxygen atoms in total. The molecule has 0 bridgehead atoms. The Hall–Kier alpha value is -1.20. The molecule has 29 heavy (non-hydrogen) atoms. The number of rotatable bonds is 6. The molecule has 2 aliphatic rings. The number of hydrogen-bond donors (Lipinski definition) is 1. The zero-order valence-corrected chi connectivity index (χ0v) is 20.5. The van der Waals surface area contributed by atoms with Crippen molar-refractivity contribution in [2.24, 2.45) is 10.9 Å². The molecular weight excluding hydrogens is 479 g/mol. The second-order valence-electron chi connectivity index (χ2n) is 7.93. The summed E-state index contributed by atoms with van der Waals surface area (Å²) in [6.45, 7) is 15.8.